The van der Waals surface area contributed by atoms with E-state index in [1.165, 1.54) is 10.1 Å². The highest BCUT2D eigenvalue weighted by Crippen LogP contribution is 2.38. The molecule has 1 unspecified atom stereocenters. The Morgan fingerprint density at radius 2 is 1.78 bits per heavy atom. The van der Waals surface area contributed by atoms with E-state index in [9.17, 15) is 14.7 Å². The van der Waals surface area contributed by atoms with Crippen LogP contribution in [-0.2, 0) is 16.6 Å². The smallest absolute Gasteiger partial charge is 0.339 e. The van der Waals surface area contributed by atoms with Gasteiger partial charge in [0.25, 0.3) is 5.56 Å². The van der Waals surface area contributed by atoms with Gasteiger partial charge in [-0.05, 0) is 95.1 Å². The lowest BCUT2D eigenvalue weighted by Crippen LogP contribution is -2.34. The minimum atomic E-state index is -1.24. The first kappa shape index (κ1) is 24.0. The Morgan fingerprint density at radius 1 is 1.09 bits per heavy atom. The fourth-order valence-corrected chi connectivity index (χ4v) is 4.51. The number of aromatic nitrogens is 1. The second kappa shape index (κ2) is 9.07. The van der Waals surface area contributed by atoms with E-state index < -0.39 is 17.7 Å². The molecule has 0 saturated heterocycles. The second-order valence-electron chi connectivity index (χ2n) is 9.85. The Labute approximate surface area is 190 Å². The summed E-state index contributed by atoms with van der Waals surface area (Å²) in [5.74, 6) is -1.09. The standard InChI is InChI=1S/C27H35NO4/c1-16-13-14-20(15-17(16)2)22-18(3)21(19-11-9-8-10-12-19)23(28(7)25(22)29)24(26(30)31)32-27(4,5)6/h11,13-15,24H,8-10,12H2,1-7H3,(H,30,31). The lowest BCUT2D eigenvalue weighted by atomic mass is 9.85. The molecule has 1 aliphatic carbocycles. The first-order valence-electron chi connectivity index (χ1n) is 11.3. The van der Waals surface area contributed by atoms with Gasteiger partial charge in [-0.25, -0.2) is 4.79 Å². The minimum absolute atomic E-state index is 0.204. The van der Waals surface area contributed by atoms with Crippen molar-refractivity contribution in [1.29, 1.82) is 0 Å². The molecule has 1 aromatic heterocycles. The zero-order valence-electron chi connectivity index (χ0n) is 20.3. The summed E-state index contributed by atoms with van der Waals surface area (Å²) in [7, 11) is 1.66. The zero-order valence-corrected chi connectivity index (χ0v) is 20.3. The van der Waals surface area contributed by atoms with Crippen molar-refractivity contribution in [3.05, 3.63) is 62.6 Å². The molecule has 0 bridgehead atoms. The van der Waals surface area contributed by atoms with Crippen molar-refractivity contribution >= 4 is 11.5 Å². The number of carbonyl (C=O) groups is 1. The number of allylic oxidation sites excluding steroid dienone is 2. The maximum Gasteiger partial charge on any atom is 0.339 e. The Hall–Kier alpha value is -2.66. The molecule has 3 rings (SSSR count). The largest absolute Gasteiger partial charge is 0.479 e. The van der Waals surface area contributed by atoms with Gasteiger partial charge >= 0.3 is 5.97 Å². The van der Waals surface area contributed by atoms with E-state index in [-0.39, 0.29) is 5.56 Å². The summed E-state index contributed by atoms with van der Waals surface area (Å²) in [5, 5.41) is 10.1. The third kappa shape index (κ3) is 4.73. The van der Waals surface area contributed by atoms with Crippen LogP contribution in [0.1, 0.15) is 80.5 Å². The van der Waals surface area contributed by atoms with Crippen LogP contribution in [0.3, 0.4) is 0 Å². The Bertz CT molecular complexity index is 1130. The van der Waals surface area contributed by atoms with E-state index in [0.29, 0.717) is 11.3 Å². The average molecular weight is 438 g/mol. The first-order chi connectivity index (χ1) is 14.9. The monoisotopic (exact) mass is 437 g/mol. The molecule has 1 aliphatic rings. The third-order valence-electron chi connectivity index (χ3n) is 6.24. The topological polar surface area (TPSA) is 68.5 Å². The number of aryl methyl sites for hydroxylation is 2. The van der Waals surface area contributed by atoms with Crippen molar-refractivity contribution < 1.29 is 14.6 Å². The summed E-state index contributed by atoms with van der Waals surface area (Å²) in [5.41, 5.74) is 6.08. The molecule has 1 aromatic carbocycles. The van der Waals surface area contributed by atoms with Crippen LogP contribution in [0.15, 0.2) is 29.1 Å². The second-order valence-corrected chi connectivity index (χ2v) is 9.85. The van der Waals surface area contributed by atoms with E-state index in [2.05, 4.69) is 6.08 Å². The van der Waals surface area contributed by atoms with Crippen LogP contribution in [0.4, 0.5) is 0 Å². The van der Waals surface area contributed by atoms with Crippen LogP contribution in [0.25, 0.3) is 16.7 Å². The molecular weight excluding hydrogens is 402 g/mol. The van der Waals surface area contributed by atoms with Crippen LogP contribution in [0.5, 0.6) is 0 Å². The van der Waals surface area contributed by atoms with Crippen molar-refractivity contribution in [2.75, 3.05) is 0 Å². The van der Waals surface area contributed by atoms with Gasteiger partial charge in [0.15, 0.2) is 6.10 Å². The number of carboxylic acid groups (broad SMARTS) is 1. The summed E-state index contributed by atoms with van der Waals surface area (Å²) >= 11 is 0. The number of hydrogen-bond donors (Lipinski definition) is 1. The maximum absolute atomic E-state index is 13.6. The Balaban J connectivity index is 2.39. The molecule has 2 aromatic rings. The third-order valence-corrected chi connectivity index (χ3v) is 6.24. The van der Waals surface area contributed by atoms with Gasteiger partial charge in [0, 0.05) is 12.6 Å². The molecule has 0 spiro atoms. The van der Waals surface area contributed by atoms with Gasteiger partial charge in [0.2, 0.25) is 0 Å². The van der Waals surface area contributed by atoms with Crippen LogP contribution < -0.4 is 5.56 Å². The molecule has 0 amide bonds. The van der Waals surface area contributed by atoms with Gasteiger partial charge in [-0.2, -0.15) is 0 Å². The highest BCUT2D eigenvalue weighted by molar-refractivity contribution is 5.83. The number of aliphatic carboxylic acids is 1. The molecule has 1 atom stereocenters. The van der Waals surface area contributed by atoms with E-state index in [1.54, 1.807) is 7.05 Å². The summed E-state index contributed by atoms with van der Waals surface area (Å²) in [6.45, 7) is 11.5. The summed E-state index contributed by atoms with van der Waals surface area (Å²) < 4.78 is 7.49. The normalized spacial score (nSPS) is 15.4. The molecule has 172 valence electrons. The number of benzene rings is 1. The van der Waals surface area contributed by atoms with Crippen molar-refractivity contribution in [3.63, 3.8) is 0 Å². The van der Waals surface area contributed by atoms with Gasteiger partial charge < -0.3 is 14.4 Å². The van der Waals surface area contributed by atoms with Gasteiger partial charge in [-0.15, -0.1) is 0 Å². The van der Waals surface area contributed by atoms with Crippen molar-refractivity contribution in [3.8, 4) is 11.1 Å². The molecular formula is C27H35NO4. The highest BCUT2D eigenvalue weighted by atomic mass is 16.5. The molecule has 0 aliphatic heterocycles. The lowest BCUT2D eigenvalue weighted by Gasteiger charge is -2.30. The summed E-state index contributed by atoms with van der Waals surface area (Å²) in [4.78, 5) is 26.0. The fraction of sp³-hybridized carbons (Fsp3) is 0.481. The number of hydrogen-bond acceptors (Lipinski definition) is 3. The number of nitrogens with zero attached hydrogens (tertiary/aromatic N) is 1. The molecule has 1 heterocycles. The van der Waals surface area contributed by atoms with Crippen molar-refractivity contribution in [1.82, 2.24) is 4.57 Å². The van der Waals surface area contributed by atoms with Crippen molar-refractivity contribution in [2.45, 2.75) is 78.9 Å². The number of pyridine rings is 1. The lowest BCUT2D eigenvalue weighted by molar-refractivity contribution is -0.161. The predicted octanol–water partition coefficient (Wildman–Crippen LogP) is 5.88. The van der Waals surface area contributed by atoms with Gasteiger partial charge in [-0.3, -0.25) is 4.79 Å². The molecule has 5 heteroatoms. The Morgan fingerprint density at radius 3 is 2.31 bits per heavy atom. The highest BCUT2D eigenvalue weighted by Gasteiger charge is 2.34. The van der Waals surface area contributed by atoms with E-state index in [4.69, 9.17) is 4.74 Å². The van der Waals surface area contributed by atoms with Gasteiger partial charge in [0.05, 0.1) is 16.9 Å². The van der Waals surface area contributed by atoms with Crippen LogP contribution in [0, 0.1) is 20.8 Å². The number of ether oxygens (including phenoxy) is 1. The number of carboxylic acids is 1. The summed E-state index contributed by atoms with van der Waals surface area (Å²) in [6, 6.07) is 6.04. The Kier molecular flexibility index (Phi) is 6.80. The fourth-order valence-electron chi connectivity index (χ4n) is 4.51. The molecule has 5 nitrogen and oxygen atoms in total. The molecule has 0 saturated carbocycles. The minimum Gasteiger partial charge on any atom is -0.479 e. The molecule has 1 N–H and O–H groups in total. The van der Waals surface area contributed by atoms with Crippen LogP contribution in [-0.4, -0.2) is 21.2 Å². The summed E-state index contributed by atoms with van der Waals surface area (Å²) in [6.07, 6.45) is 4.94. The predicted molar refractivity (Wildman–Crippen MR) is 129 cm³/mol. The SMILES string of the molecule is Cc1ccc(-c2c(C)c(C3=CCCCC3)c(C(OC(C)(C)C)C(=O)O)n(C)c2=O)cc1C. The molecule has 0 fully saturated rings. The van der Waals surface area contributed by atoms with Gasteiger partial charge in [-0.1, -0.05) is 24.3 Å². The van der Waals surface area contributed by atoms with E-state index in [1.807, 2.05) is 59.7 Å². The van der Waals surface area contributed by atoms with Crippen molar-refractivity contribution in [2.24, 2.45) is 7.05 Å². The van der Waals surface area contributed by atoms with E-state index in [0.717, 1.165) is 53.5 Å². The zero-order chi connectivity index (χ0) is 23.8. The van der Waals surface area contributed by atoms with Gasteiger partial charge in [0.1, 0.15) is 0 Å². The van der Waals surface area contributed by atoms with E-state index >= 15 is 0 Å². The molecule has 0 radical (unpaired) electrons. The van der Waals surface area contributed by atoms with Crippen LogP contribution >= 0.6 is 0 Å². The maximum atomic E-state index is 13.6. The average Bonchev–Trinajstić information content (AvgIpc) is 2.71. The number of rotatable bonds is 5. The first-order valence-corrected chi connectivity index (χ1v) is 11.3. The molecule has 32 heavy (non-hydrogen) atoms. The van der Waals surface area contributed by atoms with Crippen LogP contribution in [0.2, 0.25) is 0 Å². The quantitative estimate of drug-likeness (QED) is 0.635.